The van der Waals surface area contributed by atoms with E-state index in [2.05, 4.69) is 29.3 Å². The zero-order valence-electron chi connectivity index (χ0n) is 15.2. The van der Waals surface area contributed by atoms with Gasteiger partial charge in [0.25, 0.3) is 0 Å². The molecule has 2 aromatic rings. The van der Waals surface area contributed by atoms with E-state index in [1.165, 1.54) is 30.7 Å². The maximum absolute atomic E-state index is 13.2. The summed E-state index contributed by atoms with van der Waals surface area (Å²) < 4.78 is 13.2. The van der Waals surface area contributed by atoms with E-state index in [0.29, 0.717) is 0 Å². The lowest BCUT2D eigenvalue weighted by molar-refractivity contribution is -0.118. The standard InChI is InChI=1S/C22H25FN2O/c1-16-10-14-25(15-11-16)20-8-6-19(7-9-20)24-21(26)22(12-13-22)17-2-4-18(23)5-3-17/h2-9,16H,10-15H2,1H3,(H,24,26). The first-order chi connectivity index (χ1) is 12.6. The third-order valence-corrected chi connectivity index (χ3v) is 5.86. The fourth-order valence-electron chi connectivity index (χ4n) is 3.81. The average Bonchev–Trinajstić information content (AvgIpc) is 3.46. The molecule has 1 heterocycles. The normalized spacial score (nSPS) is 19.2. The Balaban J connectivity index is 1.42. The van der Waals surface area contributed by atoms with Gasteiger partial charge in [-0.25, -0.2) is 4.39 Å². The highest BCUT2D eigenvalue weighted by Gasteiger charge is 2.51. The minimum Gasteiger partial charge on any atom is -0.372 e. The molecule has 4 rings (SSSR count). The molecule has 2 fully saturated rings. The lowest BCUT2D eigenvalue weighted by Crippen LogP contribution is -2.32. The molecule has 0 spiro atoms. The second-order valence-electron chi connectivity index (χ2n) is 7.76. The molecule has 0 atom stereocenters. The number of amides is 1. The summed E-state index contributed by atoms with van der Waals surface area (Å²) in [5, 5.41) is 3.04. The fraction of sp³-hybridized carbons (Fsp3) is 0.409. The molecular formula is C22H25FN2O. The van der Waals surface area contributed by atoms with Crippen molar-refractivity contribution in [1.29, 1.82) is 0 Å². The van der Waals surface area contributed by atoms with E-state index in [0.717, 1.165) is 43.1 Å². The number of hydrogen-bond acceptors (Lipinski definition) is 2. The largest absolute Gasteiger partial charge is 0.372 e. The Labute approximate surface area is 154 Å². The van der Waals surface area contributed by atoms with E-state index in [4.69, 9.17) is 0 Å². The molecule has 1 saturated carbocycles. The third kappa shape index (κ3) is 3.33. The van der Waals surface area contributed by atoms with Crippen LogP contribution in [0.4, 0.5) is 15.8 Å². The van der Waals surface area contributed by atoms with E-state index < -0.39 is 5.41 Å². The van der Waals surface area contributed by atoms with Gasteiger partial charge in [-0.15, -0.1) is 0 Å². The summed E-state index contributed by atoms with van der Waals surface area (Å²) in [5.74, 6) is 0.544. The van der Waals surface area contributed by atoms with Gasteiger partial charge >= 0.3 is 0 Å². The Morgan fingerprint density at radius 1 is 1.04 bits per heavy atom. The predicted molar refractivity (Wildman–Crippen MR) is 103 cm³/mol. The monoisotopic (exact) mass is 352 g/mol. The van der Waals surface area contributed by atoms with Crippen LogP contribution >= 0.6 is 0 Å². The number of hydrogen-bond donors (Lipinski definition) is 1. The molecule has 0 aromatic heterocycles. The van der Waals surface area contributed by atoms with Crippen LogP contribution in [-0.2, 0) is 10.2 Å². The van der Waals surface area contributed by atoms with Crippen molar-refractivity contribution < 1.29 is 9.18 Å². The van der Waals surface area contributed by atoms with E-state index in [9.17, 15) is 9.18 Å². The summed E-state index contributed by atoms with van der Waals surface area (Å²) in [4.78, 5) is 15.2. The highest BCUT2D eigenvalue weighted by Crippen LogP contribution is 2.49. The van der Waals surface area contributed by atoms with Gasteiger partial charge in [-0.05, 0) is 73.6 Å². The number of rotatable bonds is 4. The number of anilines is 2. The van der Waals surface area contributed by atoms with Gasteiger partial charge in [0.1, 0.15) is 5.82 Å². The number of carbonyl (C=O) groups is 1. The van der Waals surface area contributed by atoms with Gasteiger partial charge in [0.05, 0.1) is 5.41 Å². The summed E-state index contributed by atoms with van der Waals surface area (Å²) in [5.41, 5.74) is 2.44. The minimum atomic E-state index is -0.491. The predicted octanol–water partition coefficient (Wildman–Crippen LogP) is 4.73. The molecule has 3 nitrogen and oxygen atoms in total. The first kappa shape index (κ1) is 17.1. The van der Waals surface area contributed by atoms with Crippen LogP contribution < -0.4 is 10.2 Å². The molecule has 136 valence electrons. The van der Waals surface area contributed by atoms with Crippen molar-refractivity contribution in [2.24, 2.45) is 5.92 Å². The van der Waals surface area contributed by atoms with Crippen LogP contribution in [-0.4, -0.2) is 19.0 Å². The number of nitrogens with one attached hydrogen (secondary N) is 1. The van der Waals surface area contributed by atoms with Crippen molar-refractivity contribution in [2.45, 2.75) is 38.0 Å². The maximum atomic E-state index is 13.2. The van der Waals surface area contributed by atoms with E-state index in [1.807, 2.05) is 12.1 Å². The van der Waals surface area contributed by atoms with Crippen LogP contribution in [0.3, 0.4) is 0 Å². The van der Waals surface area contributed by atoms with Crippen LogP contribution in [0, 0.1) is 11.7 Å². The van der Waals surface area contributed by atoms with Gasteiger partial charge in [-0.2, -0.15) is 0 Å². The molecule has 0 bridgehead atoms. The summed E-state index contributed by atoms with van der Waals surface area (Å²) in [6, 6.07) is 14.4. The molecule has 26 heavy (non-hydrogen) atoms. The van der Waals surface area contributed by atoms with Gasteiger partial charge in [0.15, 0.2) is 0 Å². The quantitative estimate of drug-likeness (QED) is 0.862. The molecule has 4 heteroatoms. The third-order valence-electron chi connectivity index (χ3n) is 5.86. The van der Waals surface area contributed by atoms with Crippen molar-refractivity contribution in [3.05, 3.63) is 59.9 Å². The van der Waals surface area contributed by atoms with Gasteiger partial charge in [-0.3, -0.25) is 4.79 Å². The number of benzene rings is 2. The fourth-order valence-corrected chi connectivity index (χ4v) is 3.81. The molecule has 0 radical (unpaired) electrons. The Kier molecular flexibility index (Phi) is 4.43. The Morgan fingerprint density at radius 2 is 1.65 bits per heavy atom. The summed E-state index contributed by atoms with van der Waals surface area (Å²) in [6.45, 7) is 4.51. The summed E-state index contributed by atoms with van der Waals surface area (Å²) in [6.07, 6.45) is 4.10. The maximum Gasteiger partial charge on any atom is 0.235 e. The molecule has 1 amide bonds. The van der Waals surface area contributed by atoms with Crippen LogP contribution in [0.1, 0.15) is 38.2 Å². The topological polar surface area (TPSA) is 32.3 Å². The lowest BCUT2D eigenvalue weighted by atomic mass is 9.95. The van der Waals surface area contributed by atoms with Crippen LogP contribution in [0.5, 0.6) is 0 Å². The van der Waals surface area contributed by atoms with Gasteiger partial charge in [0.2, 0.25) is 5.91 Å². The highest BCUT2D eigenvalue weighted by molar-refractivity contribution is 6.01. The summed E-state index contributed by atoms with van der Waals surface area (Å²) in [7, 11) is 0. The van der Waals surface area contributed by atoms with Crippen molar-refractivity contribution in [3.63, 3.8) is 0 Å². The Bertz CT molecular complexity index is 773. The van der Waals surface area contributed by atoms with E-state index in [1.54, 1.807) is 12.1 Å². The molecule has 0 unspecified atom stereocenters. The first-order valence-electron chi connectivity index (χ1n) is 9.49. The van der Waals surface area contributed by atoms with E-state index in [-0.39, 0.29) is 11.7 Å². The molecule has 1 aliphatic heterocycles. The summed E-state index contributed by atoms with van der Waals surface area (Å²) >= 11 is 0. The van der Waals surface area contributed by atoms with Crippen LogP contribution in [0.2, 0.25) is 0 Å². The van der Waals surface area contributed by atoms with Crippen LogP contribution in [0.25, 0.3) is 0 Å². The zero-order chi connectivity index (χ0) is 18.1. The molecule has 1 saturated heterocycles. The van der Waals surface area contributed by atoms with Crippen molar-refractivity contribution in [2.75, 3.05) is 23.3 Å². The van der Waals surface area contributed by atoms with Gasteiger partial charge < -0.3 is 10.2 Å². The van der Waals surface area contributed by atoms with Crippen molar-refractivity contribution >= 4 is 17.3 Å². The SMILES string of the molecule is CC1CCN(c2ccc(NC(=O)C3(c4ccc(F)cc4)CC3)cc2)CC1. The molecular weight excluding hydrogens is 327 g/mol. The van der Waals surface area contributed by atoms with Crippen molar-refractivity contribution in [1.82, 2.24) is 0 Å². The molecule has 1 N–H and O–H groups in total. The van der Waals surface area contributed by atoms with E-state index >= 15 is 0 Å². The lowest BCUT2D eigenvalue weighted by Gasteiger charge is -2.32. The number of piperidine rings is 1. The second kappa shape index (κ2) is 6.75. The van der Waals surface area contributed by atoms with Gasteiger partial charge in [0, 0.05) is 24.5 Å². The van der Waals surface area contributed by atoms with Crippen molar-refractivity contribution in [3.8, 4) is 0 Å². The second-order valence-corrected chi connectivity index (χ2v) is 7.76. The first-order valence-corrected chi connectivity index (χ1v) is 9.49. The molecule has 2 aliphatic rings. The van der Waals surface area contributed by atoms with Gasteiger partial charge in [-0.1, -0.05) is 19.1 Å². The number of halogens is 1. The van der Waals surface area contributed by atoms with Crippen LogP contribution in [0.15, 0.2) is 48.5 Å². The smallest absolute Gasteiger partial charge is 0.235 e. The highest BCUT2D eigenvalue weighted by atomic mass is 19.1. The number of nitrogens with zero attached hydrogens (tertiary/aromatic N) is 1. The zero-order valence-corrected chi connectivity index (χ0v) is 15.2. The number of carbonyl (C=O) groups excluding carboxylic acids is 1. The Morgan fingerprint density at radius 3 is 2.23 bits per heavy atom. The minimum absolute atomic E-state index is 0.00338. The average molecular weight is 352 g/mol. The Hall–Kier alpha value is -2.36. The molecule has 1 aliphatic carbocycles. The molecule has 2 aromatic carbocycles.